The molecule has 2 aliphatic heterocycles. The quantitative estimate of drug-likeness (QED) is 0.581. The molecule has 3 atom stereocenters. The molecule has 0 aliphatic carbocycles. The number of rotatable bonds is 5. The molecular formula is C14H27N3O. The van der Waals surface area contributed by atoms with Gasteiger partial charge in [0.2, 0.25) is 0 Å². The second kappa shape index (κ2) is 6.41. The van der Waals surface area contributed by atoms with Gasteiger partial charge in [0.05, 0.1) is 18.2 Å². The van der Waals surface area contributed by atoms with E-state index in [1.807, 2.05) is 7.05 Å². The summed E-state index contributed by atoms with van der Waals surface area (Å²) in [6.07, 6.45) is 6.91. The number of hydrogen-bond donors (Lipinski definition) is 2. The number of guanidine groups is 1. The minimum absolute atomic E-state index is 0.404. The van der Waals surface area contributed by atoms with Gasteiger partial charge >= 0.3 is 0 Å². The normalized spacial score (nSPS) is 31.1. The van der Waals surface area contributed by atoms with Gasteiger partial charge in [0.15, 0.2) is 5.96 Å². The lowest BCUT2D eigenvalue weighted by Gasteiger charge is -2.23. The van der Waals surface area contributed by atoms with Crippen molar-refractivity contribution in [1.82, 2.24) is 10.6 Å². The van der Waals surface area contributed by atoms with Gasteiger partial charge in [0, 0.05) is 13.6 Å². The van der Waals surface area contributed by atoms with Crippen LogP contribution in [0.15, 0.2) is 4.99 Å². The largest absolute Gasteiger partial charge is 0.373 e. The molecule has 0 amide bonds. The Morgan fingerprint density at radius 3 is 2.61 bits per heavy atom. The van der Waals surface area contributed by atoms with Gasteiger partial charge < -0.3 is 15.4 Å². The third kappa shape index (κ3) is 3.16. The molecule has 0 aromatic rings. The van der Waals surface area contributed by atoms with Crippen LogP contribution in [0.2, 0.25) is 0 Å². The first-order chi connectivity index (χ1) is 8.76. The SMILES string of the molecule is CCC(CC)CNC(=NC)NC1CC2CCC1O2. The predicted octanol–water partition coefficient (Wildman–Crippen LogP) is 1.91. The molecule has 0 aromatic carbocycles. The Morgan fingerprint density at radius 1 is 1.33 bits per heavy atom. The maximum atomic E-state index is 5.85. The first-order valence-electron chi connectivity index (χ1n) is 7.39. The maximum absolute atomic E-state index is 5.85. The molecule has 2 fully saturated rings. The highest BCUT2D eigenvalue weighted by Gasteiger charge is 2.41. The Bertz CT molecular complexity index is 289. The second-order valence-electron chi connectivity index (χ2n) is 5.50. The van der Waals surface area contributed by atoms with E-state index < -0.39 is 0 Å². The minimum atomic E-state index is 0.404. The molecule has 104 valence electrons. The molecule has 2 saturated heterocycles. The molecule has 0 saturated carbocycles. The summed E-state index contributed by atoms with van der Waals surface area (Å²) in [4.78, 5) is 4.31. The maximum Gasteiger partial charge on any atom is 0.191 e. The zero-order valence-corrected chi connectivity index (χ0v) is 11.9. The highest BCUT2D eigenvalue weighted by Crippen LogP contribution is 2.34. The number of nitrogens with zero attached hydrogens (tertiary/aromatic N) is 1. The molecule has 4 nitrogen and oxygen atoms in total. The summed E-state index contributed by atoms with van der Waals surface area (Å²) >= 11 is 0. The molecule has 2 heterocycles. The monoisotopic (exact) mass is 253 g/mol. The Kier molecular flexibility index (Phi) is 4.87. The van der Waals surface area contributed by atoms with Gasteiger partial charge in [0.25, 0.3) is 0 Å². The molecule has 2 N–H and O–H groups in total. The highest BCUT2D eigenvalue weighted by atomic mass is 16.5. The smallest absolute Gasteiger partial charge is 0.191 e. The average Bonchev–Trinajstić information content (AvgIpc) is 3.00. The van der Waals surface area contributed by atoms with Crippen LogP contribution in [0.4, 0.5) is 0 Å². The van der Waals surface area contributed by atoms with Crippen molar-refractivity contribution in [2.45, 2.75) is 64.2 Å². The van der Waals surface area contributed by atoms with Crippen molar-refractivity contribution in [3.8, 4) is 0 Å². The molecule has 2 bridgehead atoms. The highest BCUT2D eigenvalue weighted by molar-refractivity contribution is 5.80. The van der Waals surface area contributed by atoms with Crippen LogP contribution in [0.25, 0.3) is 0 Å². The topological polar surface area (TPSA) is 45.7 Å². The Balaban J connectivity index is 1.76. The van der Waals surface area contributed by atoms with E-state index in [1.54, 1.807) is 0 Å². The van der Waals surface area contributed by atoms with Crippen molar-refractivity contribution in [2.24, 2.45) is 10.9 Å². The van der Waals surface area contributed by atoms with E-state index in [4.69, 9.17) is 4.74 Å². The number of aliphatic imine (C=N–C) groups is 1. The Morgan fingerprint density at radius 2 is 2.11 bits per heavy atom. The number of ether oxygens (including phenoxy) is 1. The first kappa shape index (κ1) is 13.7. The number of hydrogen-bond acceptors (Lipinski definition) is 2. The fourth-order valence-electron chi connectivity index (χ4n) is 2.98. The molecule has 3 unspecified atom stereocenters. The van der Waals surface area contributed by atoms with Crippen LogP contribution in [0.1, 0.15) is 46.0 Å². The van der Waals surface area contributed by atoms with Crippen LogP contribution in [0, 0.1) is 5.92 Å². The fourth-order valence-corrected chi connectivity index (χ4v) is 2.98. The molecule has 4 heteroatoms. The molecular weight excluding hydrogens is 226 g/mol. The molecule has 2 aliphatic rings. The zero-order valence-electron chi connectivity index (χ0n) is 11.9. The van der Waals surface area contributed by atoms with Crippen molar-refractivity contribution in [3.63, 3.8) is 0 Å². The Labute approximate surface area is 111 Å². The van der Waals surface area contributed by atoms with E-state index in [2.05, 4.69) is 29.5 Å². The molecule has 0 aromatic heterocycles. The van der Waals surface area contributed by atoms with E-state index in [1.165, 1.54) is 25.7 Å². The van der Waals surface area contributed by atoms with Crippen molar-refractivity contribution in [2.75, 3.05) is 13.6 Å². The first-order valence-corrected chi connectivity index (χ1v) is 7.39. The van der Waals surface area contributed by atoms with E-state index in [-0.39, 0.29) is 0 Å². The standard InChI is InChI=1S/C14H27N3O/c1-4-10(5-2)9-16-14(15-3)17-12-8-11-6-7-13(12)18-11/h10-13H,4-9H2,1-3H3,(H2,15,16,17). The average molecular weight is 253 g/mol. The summed E-state index contributed by atoms with van der Waals surface area (Å²) in [5.41, 5.74) is 0. The van der Waals surface area contributed by atoms with Gasteiger partial charge in [-0.25, -0.2) is 0 Å². The number of fused-ring (bicyclic) bond motifs is 2. The van der Waals surface area contributed by atoms with Crippen molar-refractivity contribution in [1.29, 1.82) is 0 Å². The predicted molar refractivity (Wildman–Crippen MR) is 74.9 cm³/mol. The van der Waals surface area contributed by atoms with Crippen LogP contribution in [0.3, 0.4) is 0 Å². The minimum Gasteiger partial charge on any atom is -0.373 e. The van der Waals surface area contributed by atoms with E-state index >= 15 is 0 Å². The molecule has 18 heavy (non-hydrogen) atoms. The van der Waals surface area contributed by atoms with Gasteiger partial charge in [-0.1, -0.05) is 26.7 Å². The van der Waals surface area contributed by atoms with Gasteiger partial charge in [0.1, 0.15) is 0 Å². The molecule has 0 spiro atoms. The molecule has 0 radical (unpaired) electrons. The van der Waals surface area contributed by atoms with E-state index in [9.17, 15) is 0 Å². The lowest BCUT2D eigenvalue weighted by atomic mass is 9.96. The van der Waals surface area contributed by atoms with Gasteiger partial charge in [-0.05, 0) is 25.2 Å². The van der Waals surface area contributed by atoms with Crippen LogP contribution in [-0.2, 0) is 4.74 Å². The van der Waals surface area contributed by atoms with Crippen molar-refractivity contribution in [3.05, 3.63) is 0 Å². The summed E-state index contributed by atoms with van der Waals surface area (Å²) in [5, 5.41) is 6.96. The second-order valence-corrected chi connectivity index (χ2v) is 5.50. The zero-order chi connectivity index (χ0) is 13.0. The summed E-state index contributed by atoms with van der Waals surface area (Å²) < 4.78 is 5.85. The van der Waals surface area contributed by atoms with Crippen molar-refractivity contribution >= 4 is 5.96 Å². The van der Waals surface area contributed by atoms with Crippen LogP contribution in [0.5, 0.6) is 0 Å². The third-order valence-electron chi connectivity index (χ3n) is 4.36. The third-order valence-corrected chi connectivity index (χ3v) is 4.36. The van der Waals surface area contributed by atoms with E-state index in [0.717, 1.165) is 24.8 Å². The van der Waals surface area contributed by atoms with Crippen LogP contribution < -0.4 is 10.6 Å². The lowest BCUT2D eigenvalue weighted by Crippen LogP contribution is -2.48. The fraction of sp³-hybridized carbons (Fsp3) is 0.929. The van der Waals surface area contributed by atoms with Crippen molar-refractivity contribution < 1.29 is 4.74 Å². The van der Waals surface area contributed by atoms with Crippen LogP contribution >= 0.6 is 0 Å². The summed E-state index contributed by atoms with van der Waals surface area (Å²) in [7, 11) is 1.84. The Hall–Kier alpha value is -0.770. The summed E-state index contributed by atoms with van der Waals surface area (Å²) in [5.74, 6) is 1.67. The van der Waals surface area contributed by atoms with E-state index in [0.29, 0.717) is 18.2 Å². The van der Waals surface area contributed by atoms with Gasteiger partial charge in [-0.15, -0.1) is 0 Å². The summed E-state index contributed by atoms with van der Waals surface area (Å²) in [6.45, 7) is 5.50. The van der Waals surface area contributed by atoms with Gasteiger partial charge in [-0.3, -0.25) is 4.99 Å². The van der Waals surface area contributed by atoms with Gasteiger partial charge in [-0.2, -0.15) is 0 Å². The number of nitrogens with one attached hydrogen (secondary N) is 2. The van der Waals surface area contributed by atoms with Crippen LogP contribution in [-0.4, -0.2) is 37.8 Å². The lowest BCUT2D eigenvalue weighted by molar-refractivity contribution is 0.0992. The molecule has 2 rings (SSSR count). The summed E-state index contributed by atoms with van der Waals surface area (Å²) in [6, 6.07) is 0.455.